The maximum atomic E-state index is 5.42. The minimum absolute atomic E-state index is 0.447. The fourth-order valence-electron chi connectivity index (χ4n) is 2.33. The number of rotatable bonds is 5. The van der Waals surface area contributed by atoms with Crippen LogP contribution in [0, 0.1) is 0 Å². The van der Waals surface area contributed by atoms with Gasteiger partial charge in [-0.1, -0.05) is 0 Å². The molecule has 1 aliphatic heterocycles. The van der Waals surface area contributed by atoms with Crippen LogP contribution in [0.3, 0.4) is 0 Å². The number of piperidine rings is 1. The fourth-order valence-corrected chi connectivity index (χ4v) is 2.33. The Hall–Kier alpha value is -0.870. The van der Waals surface area contributed by atoms with E-state index in [-0.39, 0.29) is 0 Å². The van der Waals surface area contributed by atoms with Crippen molar-refractivity contribution >= 4 is 0 Å². The van der Waals surface area contributed by atoms with Gasteiger partial charge in [0.15, 0.2) is 0 Å². The lowest BCUT2D eigenvalue weighted by atomic mass is 10.1. The van der Waals surface area contributed by atoms with E-state index in [1.807, 2.05) is 19.5 Å². The van der Waals surface area contributed by atoms with Gasteiger partial charge in [0.1, 0.15) is 0 Å². The molecule has 0 spiro atoms. The van der Waals surface area contributed by atoms with Gasteiger partial charge in [0, 0.05) is 19.9 Å². The first-order valence-electron chi connectivity index (χ1n) is 6.11. The molecule has 0 aromatic carbocycles. The van der Waals surface area contributed by atoms with Gasteiger partial charge in [0.2, 0.25) is 0 Å². The topological polar surface area (TPSA) is 41.1 Å². The first-order valence-corrected chi connectivity index (χ1v) is 6.11. The Morgan fingerprint density at radius 3 is 3.31 bits per heavy atom. The molecule has 1 atom stereocenters. The van der Waals surface area contributed by atoms with Crippen LogP contribution in [0.2, 0.25) is 0 Å². The number of ether oxygens (including phenoxy) is 1. The molecule has 2 rings (SSSR count). The van der Waals surface area contributed by atoms with E-state index in [0.717, 1.165) is 13.0 Å². The third-order valence-electron chi connectivity index (χ3n) is 3.29. The maximum absolute atomic E-state index is 5.42. The number of methoxy groups -OCH3 is 1. The van der Waals surface area contributed by atoms with E-state index in [1.165, 1.54) is 37.9 Å². The van der Waals surface area contributed by atoms with Gasteiger partial charge in [-0.3, -0.25) is 5.10 Å². The van der Waals surface area contributed by atoms with E-state index in [9.17, 15) is 0 Å². The molecule has 4 nitrogen and oxygen atoms in total. The Bertz CT molecular complexity index is 286. The van der Waals surface area contributed by atoms with Crippen molar-refractivity contribution in [3.05, 3.63) is 18.0 Å². The van der Waals surface area contributed by atoms with Crippen LogP contribution in [0.15, 0.2) is 12.4 Å². The zero-order chi connectivity index (χ0) is 11.2. The van der Waals surface area contributed by atoms with Crippen LogP contribution in [0.1, 0.15) is 24.8 Å². The van der Waals surface area contributed by atoms with Crippen molar-refractivity contribution in [3.8, 4) is 0 Å². The second-order valence-corrected chi connectivity index (χ2v) is 4.51. The van der Waals surface area contributed by atoms with Gasteiger partial charge in [-0.2, -0.15) is 5.10 Å². The summed E-state index contributed by atoms with van der Waals surface area (Å²) in [7, 11) is 1.82. The van der Waals surface area contributed by atoms with E-state index >= 15 is 0 Å². The quantitative estimate of drug-likeness (QED) is 0.821. The Balaban J connectivity index is 1.65. The van der Waals surface area contributed by atoms with E-state index in [2.05, 4.69) is 15.1 Å². The molecule has 1 aliphatic rings. The number of aryl methyl sites for hydroxylation is 1. The molecule has 4 heteroatoms. The van der Waals surface area contributed by atoms with Crippen LogP contribution >= 0.6 is 0 Å². The molecule has 0 bridgehead atoms. The number of likely N-dealkylation sites (tertiary alicyclic amines) is 1. The predicted molar refractivity (Wildman–Crippen MR) is 63.4 cm³/mol. The normalized spacial score (nSPS) is 22.4. The standard InChI is InChI=1S/C12H21N3O/c1-16-12-5-3-7-15(10-12)6-2-4-11-8-13-14-9-11/h8-9,12H,2-7,10H2,1H3,(H,13,14). The Kier molecular flexibility index (Phi) is 4.36. The zero-order valence-electron chi connectivity index (χ0n) is 9.98. The molecule has 0 radical (unpaired) electrons. The summed E-state index contributed by atoms with van der Waals surface area (Å²) in [4.78, 5) is 2.51. The number of hydrogen-bond acceptors (Lipinski definition) is 3. The molecule has 90 valence electrons. The Morgan fingerprint density at radius 2 is 2.56 bits per heavy atom. The zero-order valence-corrected chi connectivity index (χ0v) is 9.98. The van der Waals surface area contributed by atoms with E-state index in [4.69, 9.17) is 4.74 Å². The maximum Gasteiger partial charge on any atom is 0.0698 e. The number of aromatic amines is 1. The summed E-state index contributed by atoms with van der Waals surface area (Å²) in [5, 5.41) is 6.81. The van der Waals surface area contributed by atoms with Crippen LogP contribution in [-0.4, -0.2) is 47.9 Å². The minimum Gasteiger partial charge on any atom is -0.380 e. The first kappa shape index (κ1) is 11.6. The Labute approximate surface area is 97.0 Å². The van der Waals surface area contributed by atoms with Crippen LogP contribution < -0.4 is 0 Å². The van der Waals surface area contributed by atoms with Gasteiger partial charge in [-0.05, 0) is 44.3 Å². The van der Waals surface area contributed by atoms with Gasteiger partial charge in [-0.15, -0.1) is 0 Å². The highest BCUT2D eigenvalue weighted by molar-refractivity contribution is 5.02. The summed E-state index contributed by atoms with van der Waals surface area (Å²) in [5.74, 6) is 0. The number of aromatic nitrogens is 2. The van der Waals surface area contributed by atoms with Crippen LogP contribution in [0.5, 0.6) is 0 Å². The third-order valence-corrected chi connectivity index (χ3v) is 3.29. The molecule has 1 aromatic heterocycles. The summed E-state index contributed by atoms with van der Waals surface area (Å²) >= 11 is 0. The molecule has 1 fully saturated rings. The molecule has 1 N–H and O–H groups in total. The van der Waals surface area contributed by atoms with Crippen molar-refractivity contribution in [1.29, 1.82) is 0 Å². The molecule has 0 aliphatic carbocycles. The van der Waals surface area contributed by atoms with Crippen molar-refractivity contribution in [3.63, 3.8) is 0 Å². The van der Waals surface area contributed by atoms with Crippen molar-refractivity contribution in [2.75, 3.05) is 26.7 Å². The molecular formula is C12H21N3O. The van der Waals surface area contributed by atoms with Crippen molar-refractivity contribution < 1.29 is 4.74 Å². The second-order valence-electron chi connectivity index (χ2n) is 4.51. The van der Waals surface area contributed by atoms with Gasteiger partial charge < -0.3 is 9.64 Å². The lowest BCUT2D eigenvalue weighted by molar-refractivity contribution is 0.0311. The molecule has 2 heterocycles. The Morgan fingerprint density at radius 1 is 1.62 bits per heavy atom. The fraction of sp³-hybridized carbons (Fsp3) is 0.750. The summed E-state index contributed by atoms with van der Waals surface area (Å²) in [6.07, 6.45) is 9.14. The monoisotopic (exact) mass is 223 g/mol. The summed E-state index contributed by atoms with van der Waals surface area (Å²) in [6.45, 7) is 3.50. The van der Waals surface area contributed by atoms with Gasteiger partial charge in [0.25, 0.3) is 0 Å². The molecule has 0 amide bonds. The summed E-state index contributed by atoms with van der Waals surface area (Å²) in [6, 6.07) is 0. The third kappa shape index (κ3) is 3.32. The number of hydrogen-bond donors (Lipinski definition) is 1. The van der Waals surface area contributed by atoms with Gasteiger partial charge in [-0.25, -0.2) is 0 Å². The lowest BCUT2D eigenvalue weighted by Crippen LogP contribution is -2.39. The average Bonchev–Trinajstić information content (AvgIpc) is 2.82. The summed E-state index contributed by atoms with van der Waals surface area (Å²) in [5.41, 5.74) is 1.31. The highest BCUT2D eigenvalue weighted by Crippen LogP contribution is 2.13. The van der Waals surface area contributed by atoms with Crippen molar-refractivity contribution in [1.82, 2.24) is 15.1 Å². The number of nitrogens with one attached hydrogen (secondary N) is 1. The molecule has 1 aromatic rings. The smallest absolute Gasteiger partial charge is 0.0698 e. The second kappa shape index (κ2) is 6.01. The van der Waals surface area contributed by atoms with Crippen LogP contribution in [0.25, 0.3) is 0 Å². The van der Waals surface area contributed by atoms with Crippen LogP contribution in [-0.2, 0) is 11.2 Å². The number of nitrogens with zero attached hydrogens (tertiary/aromatic N) is 2. The van der Waals surface area contributed by atoms with Gasteiger partial charge >= 0.3 is 0 Å². The minimum atomic E-state index is 0.447. The van der Waals surface area contributed by atoms with Crippen LogP contribution in [0.4, 0.5) is 0 Å². The van der Waals surface area contributed by atoms with Crippen molar-refractivity contribution in [2.24, 2.45) is 0 Å². The molecule has 0 saturated carbocycles. The molecule has 1 saturated heterocycles. The SMILES string of the molecule is COC1CCCN(CCCc2cn[nH]c2)C1. The average molecular weight is 223 g/mol. The number of H-pyrrole nitrogens is 1. The van der Waals surface area contributed by atoms with E-state index < -0.39 is 0 Å². The van der Waals surface area contributed by atoms with E-state index in [0.29, 0.717) is 6.10 Å². The summed E-state index contributed by atoms with van der Waals surface area (Å²) < 4.78 is 5.42. The highest BCUT2D eigenvalue weighted by Gasteiger charge is 2.18. The molecule has 1 unspecified atom stereocenters. The molecule has 16 heavy (non-hydrogen) atoms. The molecular weight excluding hydrogens is 202 g/mol. The van der Waals surface area contributed by atoms with Gasteiger partial charge in [0.05, 0.1) is 12.3 Å². The largest absolute Gasteiger partial charge is 0.380 e. The lowest BCUT2D eigenvalue weighted by Gasteiger charge is -2.31. The predicted octanol–water partition coefficient (Wildman–Crippen LogP) is 1.45. The first-order chi connectivity index (χ1) is 7.88. The highest BCUT2D eigenvalue weighted by atomic mass is 16.5. The van der Waals surface area contributed by atoms with E-state index in [1.54, 1.807) is 0 Å². The van der Waals surface area contributed by atoms with Crippen molar-refractivity contribution in [2.45, 2.75) is 31.8 Å².